The van der Waals surface area contributed by atoms with Gasteiger partial charge in [0, 0.05) is 5.39 Å². The second-order valence-electron chi connectivity index (χ2n) is 6.09. The molecule has 1 aromatic heterocycles. The van der Waals surface area contributed by atoms with Gasteiger partial charge in [-0.3, -0.25) is 5.84 Å². The Kier molecular flexibility index (Phi) is 2.50. The molecule has 1 aliphatic carbocycles. The molecular weight excluding hydrogens is 224 g/mol. The van der Waals surface area contributed by atoms with Crippen LogP contribution in [0.25, 0.3) is 11.0 Å². The summed E-state index contributed by atoms with van der Waals surface area (Å²) >= 11 is 0. The van der Waals surface area contributed by atoms with Crippen LogP contribution in [0, 0.1) is 18.3 Å². The summed E-state index contributed by atoms with van der Waals surface area (Å²) < 4.78 is 6.00. The van der Waals surface area contributed by atoms with Crippen LogP contribution in [0.5, 0.6) is 0 Å². The Hall–Kier alpha value is -1.32. The molecular formula is C15H20N2O. The van der Waals surface area contributed by atoms with Gasteiger partial charge in [0.25, 0.3) is 0 Å². The molecule has 2 aromatic rings. The number of aryl methyl sites for hydroxylation is 1. The van der Waals surface area contributed by atoms with Gasteiger partial charge in [-0.05, 0) is 36.3 Å². The summed E-state index contributed by atoms with van der Waals surface area (Å²) in [5.41, 5.74) is 5.44. The molecule has 18 heavy (non-hydrogen) atoms. The quantitative estimate of drug-likeness (QED) is 0.643. The van der Waals surface area contributed by atoms with Crippen molar-refractivity contribution in [3.05, 3.63) is 35.6 Å². The molecule has 3 N–H and O–H groups in total. The van der Waals surface area contributed by atoms with Crippen LogP contribution in [0.1, 0.15) is 37.6 Å². The lowest BCUT2D eigenvalue weighted by atomic mass is 10.0. The maximum Gasteiger partial charge on any atom is 0.137 e. The zero-order valence-corrected chi connectivity index (χ0v) is 11.2. The lowest BCUT2D eigenvalue weighted by molar-refractivity contribution is 0.363. The minimum absolute atomic E-state index is 0.117. The van der Waals surface area contributed by atoms with Crippen LogP contribution in [0.15, 0.2) is 28.7 Å². The zero-order valence-electron chi connectivity index (χ0n) is 11.2. The van der Waals surface area contributed by atoms with Crippen LogP contribution in [0.3, 0.4) is 0 Å². The highest BCUT2D eigenvalue weighted by molar-refractivity contribution is 5.81. The minimum atomic E-state index is 0.117. The van der Waals surface area contributed by atoms with E-state index >= 15 is 0 Å². The van der Waals surface area contributed by atoms with Crippen molar-refractivity contribution in [1.29, 1.82) is 0 Å². The van der Waals surface area contributed by atoms with E-state index in [9.17, 15) is 0 Å². The van der Waals surface area contributed by atoms with E-state index in [4.69, 9.17) is 10.3 Å². The SMILES string of the molecule is Cc1cccc2cc(C(NN)C3CC3(C)C)oc12. The molecule has 0 amide bonds. The van der Waals surface area contributed by atoms with E-state index in [0.29, 0.717) is 11.3 Å². The monoisotopic (exact) mass is 244 g/mol. The second-order valence-corrected chi connectivity index (χ2v) is 6.09. The molecule has 0 spiro atoms. The summed E-state index contributed by atoms with van der Waals surface area (Å²) in [6.45, 7) is 6.62. The van der Waals surface area contributed by atoms with E-state index in [-0.39, 0.29) is 6.04 Å². The minimum Gasteiger partial charge on any atom is -0.459 e. The standard InChI is InChI=1S/C15H20N2O/c1-9-5-4-6-10-7-12(18-14(9)10)13(17-16)11-8-15(11,2)3/h4-7,11,13,17H,8,16H2,1-3H3. The van der Waals surface area contributed by atoms with Crippen LogP contribution in [-0.2, 0) is 0 Å². The van der Waals surface area contributed by atoms with Crippen LogP contribution in [0.2, 0.25) is 0 Å². The van der Waals surface area contributed by atoms with Crippen molar-refractivity contribution in [3.8, 4) is 0 Å². The van der Waals surface area contributed by atoms with Gasteiger partial charge in [-0.15, -0.1) is 0 Å². The van der Waals surface area contributed by atoms with Crippen molar-refractivity contribution in [2.75, 3.05) is 0 Å². The predicted octanol–water partition coefficient (Wildman–Crippen LogP) is 3.29. The number of hydrazine groups is 1. The summed E-state index contributed by atoms with van der Waals surface area (Å²) in [4.78, 5) is 0. The third-order valence-corrected chi connectivity index (χ3v) is 4.24. The fourth-order valence-electron chi connectivity index (χ4n) is 2.86. The van der Waals surface area contributed by atoms with Crippen molar-refractivity contribution < 1.29 is 4.42 Å². The molecule has 0 saturated heterocycles. The first-order chi connectivity index (χ1) is 8.53. The summed E-state index contributed by atoms with van der Waals surface area (Å²) in [5, 5.41) is 1.16. The first-order valence-corrected chi connectivity index (χ1v) is 6.48. The fraction of sp³-hybridized carbons (Fsp3) is 0.467. The van der Waals surface area contributed by atoms with Crippen molar-refractivity contribution in [2.24, 2.45) is 17.2 Å². The summed E-state index contributed by atoms with van der Waals surface area (Å²) in [5.74, 6) is 7.23. The maximum atomic E-state index is 6.00. The van der Waals surface area contributed by atoms with E-state index in [1.165, 1.54) is 12.0 Å². The van der Waals surface area contributed by atoms with Gasteiger partial charge in [-0.2, -0.15) is 0 Å². The van der Waals surface area contributed by atoms with E-state index < -0.39 is 0 Å². The Bertz CT molecular complexity index is 585. The first-order valence-electron chi connectivity index (χ1n) is 6.48. The molecule has 3 heteroatoms. The average Bonchev–Trinajstić information content (AvgIpc) is 2.76. The largest absolute Gasteiger partial charge is 0.459 e. The van der Waals surface area contributed by atoms with Gasteiger partial charge in [0.15, 0.2) is 0 Å². The highest BCUT2D eigenvalue weighted by Gasteiger charge is 2.51. The molecule has 1 aromatic carbocycles. The van der Waals surface area contributed by atoms with Crippen LogP contribution >= 0.6 is 0 Å². The highest BCUT2D eigenvalue weighted by atomic mass is 16.3. The van der Waals surface area contributed by atoms with Crippen LogP contribution < -0.4 is 11.3 Å². The summed E-state index contributed by atoms with van der Waals surface area (Å²) in [7, 11) is 0. The molecule has 1 saturated carbocycles. The third-order valence-electron chi connectivity index (χ3n) is 4.24. The van der Waals surface area contributed by atoms with Gasteiger partial charge in [0.2, 0.25) is 0 Å². The normalized spacial score (nSPS) is 23.2. The Morgan fingerprint density at radius 1 is 1.44 bits per heavy atom. The van der Waals surface area contributed by atoms with Crippen molar-refractivity contribution in [3.63, 3.8) is 0 Å². The molecule has 1 aliphatic rings. The predicted molar refractivity (Wildman–Crippen MR) is 72.9 cm³/mol. The Balaban J connectivity index is 2.01. The Morgan fingerprint density at radius 2 is 2.17 bits per heavy atom. The number of benzene rings is 1. The highest BCUT2D eigenvalue weighted by Crippen LogP contribution is 2.57. The number of fused-ring (bicyclic) bond motifs is 1. The molecule has 0 radical (unpaired) electrons. The molecule has 3 rings (SSSR count). The molecule has 2 unspecified atom stereocenters. The lowest BCUT2D eigenvalue weighted by Gasteiger charge is -2.14. The average molecular weight is 244 g/mol. The molecule has 2 atom stereocenters. The molecule has 96 valence electrons. The summed E-state index contributed by atoms with van der Waals surface area (Å²) in [6.07, 6.45) is 1.19. The topological polar surface area (TPSA) is 51.2 Å². The number of nitrogens with two attached hydrogens (primary N) is 1. The van der Waals surface area contributed by atoms with Crippen molar-refractivity contribution >= 4 is 11.0 Å². The van der Waals surface area contributed by atoms with Crippen LogP contribution in [-0.4, -0.2) is 0 Å². The second kappa shape index (κ2) is 3.84. The smallest absolute Gasteiger partial charge is 0.137 e. The van der Waals surface area contributed by atoms with Gasteiger partial charge < -0.3 is 4.42 Å². The van der Waals surface area contributed by atoms with Crippen molar-refractivity contribution in [2.45, 2.75) is 33.2 Å². The molecule has 1 fully saturated rings. The number of para-hydroxylation sites is 1. The van der Waals surface area contributed by atoms with Crippen LogP contribution in [0.4, 0.5) is 0 Å². The van der Waals surface area contributed by atoms with Gasteiger partial charge >= 0.3 is 0 Å². The number of rotatable bonds is 3. The maximum absolute atomic E-state index is 6.00. The van der Waals surface area contributed by atoms with Gasteiger partial charge in [-0.25, -0.2) is 5.43 Å². The first kappa shape index (κ1) is 11.8. The van der Waals surface area contributed by atoms with E-state index in [0.717, 1.165) is 16.7 Å². The lowest BCUT2D eigenvalue weighted by Crippen LogP contribution is -2.30. The third kappa shape index (κ3) is 1.74. The Labute approximate surface area is 107 Å². The summed E-state index contributed by atoms with van der Waals surface area (Å²) in [6, 6.07) is 8.44. The van der Waals surface area contributed by atoms with E-state index in [1.54, 1.807) is 0 Å². The van der Waals surface area contributed by atoms with Gasteiger partial charge in [-0.1, -0.05) is 32.0 Å². The zero-order chi connectivity index (χ0) is 12.9. The molecule has 0 bridgehead atoms. The van der Waals surface area contributed by atoms with Gasteiger partial charge in [0.05, 0.1) is 6.04 Å². The number of furan rings is 1. The molecule has 1 heterocycles. The van der Waals surface area contributed by atoms with Crippen molar-refractivity contribution in [1.82, 2.24) is 5.43 Å². The fourth-order valence-corrected chi connectivity index (χ4v) is 2.86. The van der Waals surface area contributed by atoms with Gasteiger partial charge in [0.1, 0.15) is 11.3 Å². The number of hydrogen-bond donors (Lipinski definition) is 2. The Morgan fingerprint density at radius 3 is 2.72 bits per heavy atom. The number of hydrogen-bond acceptors (Lipinski definition) is 3. The van der Waals surface area contributed by atoms with E-state index in [2.05, 4.69) is 50.5 Å². The number of nitrogens with one attached hydrogen (secondary N) is 1. The molecule has 3 nitrogen and oxygen atoms in total. The molecule has 0 aliphatic heterocycles. The van der Waals surface area contributed by atoms with E-state index in [1.807, 2.05) is 0 Å².